The van der Waals surface area contributed by atoms with Gasteiger partial charge in [-0.15, -0.1) is 0 Å². The van der Waals surface area contributed by atoms with Crippen molar-refractivity contribution in [1.29, 1.82) is 0 Å². The standard InChI is InChI=1S/C16H12ClFN2O/c1-9-2-4-11(17)7-13(9)20-16(21)15-6-10-3-5-12(18)8-14(10)19-15/h2-8,19H,1H3,(H,20,21). The highest BCUT2D eigenvalue weighted by Gasteiger charge is 2.11. The van der Waals surface area contributed by atoms with E-state index in [9.17, 15) is 9.18 Å². The first-order valence-corrected chi connectivity index (χ1v) is 6.76. The van der Waals surface area contributed by atoms with Crippen LogP contribution in [-0.4, -0.2) is 10.9 Å². The molecule has 3 aromatic rings. The van der Waals surface area contributed by atoms with Gasteiger partial charge in [-0.3, -0.25) is 4.79 Å². The van der Waals surface area contributed by atoms with E-state index in [4.69, 9.17) is 11.6 Å². The lowest BCUT2D eigenvalue weighted by atomic mass is 10.2. The largest absolute Gasteiger partial charge is 0.350 e. The number of halogens is 2. The van der Waals surface area contributed by atoms with Gasteiger partial charge in [0, 0.05) is 21.6 Å². The summed E-state index contributed by atoms with van der Waals surface area (Å²) in [5.41, 5.74) is 2.52. The number of rotatable bonds is 2. The molecule has 1 aromatic heterocycles. The van der Waals surface area contributed by atoms with Gasteiger partial charge in [-0.2, -0.15) is 0 Å². The number of aromatic nitrogens is 1. The van der Waals surface area contributed by atoms with Crippen LogP contribution >= 0.6 is 11.6 Å². The van der Waals surface area contributed by atoms with E-state index >= 15 is 0 Å². The minimum atomic E-state index is -0.345. The SMILES string of the molecule is Cc1ccc(Cl)cc1NC(=O)c1cc2ccc(F)cc2[nH]1. The molecule has 0 bridgehead atoms. The van der Waals surface area contributed by atoms with Crippen molar-refractivity contribution in [3.8, 4) is 0 Å². The minimum Gasteiger partial charge on any atom is -0.350 e. The van der Waals surface area contributed by atoms with Gasteiger partial charge in [-0.05, 0) is 48.9 Å². The highest BCUT2D eigenvalue weighted by molar-refractivity contribution is 6.31. The highest BCUT2D eigenvalue weighted by Crippen LogP contribution is 2.22. The Balaban J connectivity index is 1.91. The third-order valence-corrected chi connectivity index (χ3v) is 3.51. The second-order valence-electron chi connectivity index (χ2n) is 4.83. The van der Waals surface area contributed by atoms with Crippen molar-refractivity contribution in [1.82, 2.24) is 4.98 Å². The first kappa shape index (κ1) is 13.6. The van der Waals surface area contributed by atoms with Gasteiger partial charge < -0.3 is 10.3 Å². The average Bonchev–Trinajstić information content (AvgIpc) is 2.86. The summed E-state index contributed by atoms with van der Waals surface area (Å²) in [6, 6.07) is 11.3. The Morgan fingerprint density at radius 2 is 2.00 bits per heavy atom. The number of amides is 1. The number of hydrogen-bond acceptors (Lipinski definition) is 1. The molecule has 2 N–H and O–H groups in total. The summed E-state index contributed by atoms with van der Waals surface area (Å²) in [5, 5.41) is 4.13. The van der Waals surface area contributed by atoms with E-state index < -0.39 is 0 Å². The number of aromatic amines is 1. The summed E-state index contributed by atoms with van der Waals surface area (Å²) in [4.78, 5) is 15.2. The third-order valence-electron chi connectivity index (χ3n) is 3.28. The van der Waals surface area contributed by atoms with Crippen LogP contribution in [0.5, 0.6) is 0 Å². The lowest BCUT2D eigenvalue weighted by Crippen LogP contribution is -2.13. The van der Waals surface area contributed by atoms with Gasteiger partial charge in [0.2, 0.25) is 0 Å². The number of H-pyrrole nitrogens is 1. The Morgan fingerprint density at radius 3 is 2.81 bits per heavy atom. The lowest BCUT2D eigenvalue weighted by Gasteiger charge is -2.07. The van der Waals surface area contributed by atoms with Crippen molar-refractivity contribution < 1.29 is 9.18 Å². The normalized spacial score (nSPS) is 10.8. The molecule has 5 heteroatoms. The molecule has 0 saturated carbocycles. The van der Waals surface area contributed by atoms with Gasteiger partial charge in [0.05, 0.1) is 0 Å². The van der Waals surface area contributed by atoms with Crippen LogP contribution in [0.15, 0.2) is 42.5 Å². The summed E-state index contributed by atoms with van der Waals surface area (Å²) >= 11 is 5.93. The maximum Gasteiger partial charge on any atom is 0.272 e. The lowest BCUT2D eigenvalue weighted by molar-refractivity contribution is 0.102. The molecule has 21 heavy (non-hydrogen) atoms. The Morgan fingerprint density at radius 1 is 1.19 bits per heavy atom. The van der Waals surface area contributed by atoms with Gasteiger partial charge in [-0.1, -0.05) is 17.7 Å². The number of benzene rings is 2. The van der Waals surface area contributed by atoms with Gasteiger partial charge in [-0.25, -0.2) is 4.39 Å². The number of carbonyl (C=O) groups is 1. The fraction of sp³-hybridized carbons (Fsp3) is 0.0625. The van der Waals surface area contributed by atoms with Crippen LogP contribution in [0.1, 0.15) is 16.1 Å². The van der Waals surface area contributed by atoms with E-state index in [-0.39, 0.29) is 11.7 Å². The van der Waals surface area contributed by atoms with Crippen LogP contribution in [0, 0.1) is 12.7 Å². The fourth-order valence-electron chi connectivity index (χ4n) is 2.14. The van der Waals surface area contributed by atoms with Crippen LogP contribution < -0.4 is 5.32 Å². The van der Waals surface area contributed by atoms with Crippen LogP contribution in [-0.2, 0) is 0 Å². The van der Waals surface area contributed by atoms with E-state index in [1.54, 1.807) is 24.3 Å². The van der Waals surface area contributed by atoms with Gasteiger partial charge in [0.15, 0.2) is 0 Å². The molecule has 1 heterocycles. The molecule has 0 atom stereocenters. The molecule has 2 aromatic carbocycles. The van der Waals surface area contributed by atoms with E-state index in [0.717, 1.165) is 10.9 Å². The molecular formula is C16H12ClFN2O. The highest BCUT2D eigenvalue weighted by atomic mass is 35.5. The van der Waals surface area contributed by atoms with Crippen LogP contribution in [0.3, 0.4) is 0 Å². The quantitative estimate of drug-likeness (QED) is 0.718. The van der Waals surface area contributed by atoms with Crippen LogP contribution in [0.4, 0.5) is 10.1 Å². The Kier molecular flexibility index (Phi) is 3.39. The molecule has 0 aliphatic heterocycles. The smallest absolute Gasteiger partial charge is 0.272 e. The molecule has 106 valence electrons. The van der Waals surface area contributed by atoms with E-state index in [0.29, 0.717) is 21.9 Å². The van der Waals surface area contributed by atoms with E-state index in [1.807, 2.05) is 13.0 Å². The number of hydrogen-bond donors (Lipinski definition) is 2. The summed E-state index contributed by atoms with van der Waals surface area (Å²) in [5.74, 6) is -0.640. The zero-order chi connectivity index (χ0) is 15.0. The first-order chi connectivity index (χ1) is 10.0. The van der Waals surface area contributed by atoms with Crippen molar-refractivity contribution in [3.63, 3.8) is 0 Å². The number of anilines is 1. The number of aryl methyl sites for hydroxylation is 1. The molecule has 0 fully saturated rings. The maximum atomic E-state index is 13.2. The number of nitrogens with one attached hydrogen (secondary N) is 2. The Hall–Kier alpha value is -2.33. The summed E-state index contributed by atoms with van der Waals surface area (Å²) in [6.45, 7) is 1.88. The minimum absolute atomic E-state index is 0.294. The zero-order valence-corrected chi connectivity index (χ0v) is 12.0. The van der Waals surface area contributed by atoms with Crippen molar-refractivity contribution in [3.05, 3.63) is 64.6 Å². The molecule has 0 aliphatic carbocycles. The monoisotopic (exact) mass is 302 g/mol. The molecule has 0 aliphatic rings. The third kappa shape index (κ3) is 2.76. The van der Waals surface area contributed by atoms with Crippen molar-refractivity contribution in [2.45, 2.75) is 6.92 Å². The second kappa shape index (κ2) is 5.22. The topological polar surface area (TPSA) is 44.9 Å². The van der Waals surface area contributed by atoms with Gasteiger partial charge >= 0.3 is 0 Å². The second-order valence-corrected chi connectivity index (χ2v) is 5.26. The van der Waals surface area contributed by atoms with Crippen molar-refractivity contribution in [2.24, 2.45) is 0 Å². The predicted octanol–water partition coefficient (Wildman–Crippen LogP) is 4.52. The first-order valence-electron chi connectivity index (χ1n) is 6.39. The van der Waals surface area contributed by atoms with E-state index in [1.165, 1.54) is 12.1 Å². The number of fused-ring (bicyclic) bond motifs is 1. The average molecular weight is 303 g/mol. The summed E-state index contributed by atoms with van der Waals surface area (Å²) < 4.78 is 13.2. The molecular weight excluding hydrogens is 291 g/mol. The zero-order valence-electron chi connectivity index (χ0n) is 11.2. The predicted molar refractivity (Wildman–Crippen MR) is 82.4 cm³/mol. The van der Waals surface area contributed by atoms with Crippen LogP contribution in [0.2, 0.25) is 5.02 Å². The Bertz CT molecular complexity index is 841. The van der Waals surface area contributed by atoms with Crippen LogP contribution in [0.25, 0.3) is 10.9 Å². The molecule has 0 saturated heterocycles. The molecule has 0 radical (unpaired) electrons. The molecule has 1 amide bonds. The summed E-state index contributed by atoms with van der Waals surface area (Å²) in [7, 11) is 0. The van der Waals surface area contributed by atoms with Crippen molar-refractivity contribution >= 4 is 34.1 Å². The summed E-state index contributed by atoms with van der Waals surface area (Å²) in [6.07, 6.45) is 0. The molecule has 3 rings (SSSR count). The van der Waals surface area contributed by atoms with Gasteiger partial charge in [0.1, 0.15) is 11.5 Å². The Labute approximate surface area is 125 Å². The van der Waals surface area contributed by atoms with Gasteiger partial charge in [0.25, 0.3) is 5.91 Å². The molecule has 0 spiro atoms. The van der Waals surface area contributed by atoms with Crippen molar-refractivity contribution in [2.75, 3.05) is 5.32 Å². The molecule has 3 nitrogen and oxygen atoms in total. The number of carbonyl (C=O) groups excluding carboxylic acids is 1. The molecule has 0 unspecified atom stereocenters. The maximum absolute atomic E-state index is 13.2. The van der Waals surface area contributed by atoms with E-state index in [2.05, 4.69) is 10.3 Å². The fourth-order valence-corrected chi connectivity index (χ4v) is 2.31.